The second-order valence-corrected chi connectivity index (χ2v) is 4.40. The Morgan fingerprint density at radius 2 is 1.93 bits per heavy atom. The Bertz CT molecular complexity index is 232. The molecule has 4 heteroatoms. The summed E-state index contributed by atoms with van der Waals surface area (Å²) in [7, 11) is 0. The highest BCUT2D eigenvalue weighted by molar-refractivity contribution is 5.69. The number of carbonyl (C=O) groups excluding carboxylic acids is 1. The molecule has 1 aliphatic heterocycles. The number of esters is 1. The lowest BCUT2D eigenvalue weighted by atomic mass is 10.1. The van der Waals surface area contributed by atoms with Crippen molar-refractivity contribution in [1.29, 1.82) is 0 Å². The van der Waals surface area contributed by atoms with Crippen LogP contribution in [0, 0.1) is 0 Å². The summed E-state index contributed by atoms with van der Waals surface area (Å²) < 4.78 is 16.2. The summed E-state index contributed by atoms with van der Waals surface area (Å²) >= 11 is 0. The maximum absolute atomic E-state index is 11.1. The molecular weight excluding hydrogens is 184 g/mol. The molecule has 1 saturated heterocycles. The summed E-state index contributed by atoms with van der Waals surface area (Å²) in [5.41, 5.74) is -0.589. The van der Waals surface area contributed by atoms with E-state index < -0.39 is 17.7 Å². The molecule has 1 heterocycles. The summed E-state index contributed by atoms with van der Waals surface area (Å²) in [6.07, 6.45) is -0.277. The Morgan fingerprint density at radius 3 is 2.29 bits per heavy atom. The zero-order valence-corrected chi connectivity index (χ0v) is 9.42. The van der Waals surface area contributed by atoms with Gasteiger partial charge in [0, 0.05) is 6.42 Å². The fraction of sp³-hybridized carbons (Fsp3) is 0.900. The van der Waals surface area contributed by atoms with Crippen LogP contribution in [0.15, 0.2) is 0 Å². The molecule has 0 N–H and O–H groups in total. The van der Waals surface area contributed by atoms with Crippen molar-refractivity contribution < 1.29 is 19.0 Å². The van der Waals surface area contributed by atoms with E-state index in [0.717, 1.165) is 0 Å². The van der Waals surface area contributed by atoms with E-state index in [9.17, 15) is 4.79 Å². The summed E-state index contributed by atoms with van der Waals surface area (Å²) in [5.74, 6) is -0.966. The van der Waals surface area contributed by atoms with Crippen LogP contribution in [0.25, 0.3) is 0 Å². The van der Waals surface area contributed by atoms with Crippen molar-refractivity contribution in [3.8, 4) is 0 Å². The molecule has 1 atom stereocenters. The lowest BCUT2D eigenvalue weighted by molar-refractivity contribution is -0.197. The number of ether oxygens (including phenoxy) is 3. The Kier molecular flexibility index (Phi) is 2.88. The van der Waals surface area contributed by atoms with Crippen LogP contribution in [0.1, 0.15) is 41.0 Å². The van der Waals surface area contributed by atoms with E-state index in [0.29, 0.717) is 6.42 Å². The SMILES string of the molecule is CCC(=O)O[C@@H]1OC(C)(C)OC1(C)C. The quantitative estimate of drug-likeness (QED) is 0.641. The maximum atomic E-state index is 11.1. The van der Waals surface area contributed by atoms with Gasteiger partial charge in [-0.25, -0.2) is 0 Å². The molecule has 0 aromatic carbocycles. The zero-order valence-electron chi connectivity index (χ0n) is 9.42. The normalized spacial score (nSPS) is 28.8. The molecule has 0 bridgehead atoms. The molecule has 4 nitrogen and oxygen atoms in total. The van der Waals surface area contributed by atoms with E-state index in [2.05, 4.69) is 0 Å². The number of hydrogen-bond donors (Lipinski definition) is 0. The van der Waals surface area contributed by atoms with Gasteiger partial charge in [-0.2, -0.15) is 0 Å². The highest BCUT2D eigenvalue weighted by atomic mass is 16.8. The first-order valence-electron chi connectivity index (χ1n) is 4.84. The van der Waals surface area contributed by atoms with E-state index in [1.165, 1.54) is 0 Å². The predicted octanol–water partition coefficient (Wildman–Crippen LogP) is 1.83. The molecule has 0 unspecified atom stereocenters. The average Bonchev–Trinajstić information content (AvgIpc) is 2.19. The van der Waals surface area contributed by atoms with E-state index in [4.69, 9.17) is 14.2 Å². The monoisotopic (exact) mass is 202 g/mol. The molecule has 14 heavy (non-hydrogen) atoms. The number of carbonyl (C=O) groups is 1. The minimum Gasteiger partial charge on any atom is -0.432 e. The van der Waals surface area contributed by atoms with E-state index in [1.807, 2.05) is 13.8 Å². The predicted molar refractivity (Wildman–Crippen MR) is 50.5 cm³/mol. The van der Waals surface area contributed by atoms with Crippen LogP contribution in [-0.2, 0) is 19.0 Å². The molecule has 0 aliphatic carbocycles. The number of rotatable bonds is 2. The standard InChI is InChI=1S/C10H18O4/c1-6-7(11)12-8-9(2,3)14-10(4,5)13-8/h8H,6H2,1-5H3/t8-/m1/s1. The first-order valence-corrected chi connectivity index (χ1v) is 4.84. The highest BCUT2D eigenvalue weighted by Crippen LogP contribution is 2.36. The van der Waals surface area contributed by atoms with Crippen molar-refractivity contribution in [3.05, 3.63) is 0 Å². The molecule has 1 aliphatic rings. The minimum atomic E-state index is -0.692. The average molecular weight is 202 g/mol. The van der Waals surface area contributed by atoms with E-state index in [-0.39, 0.29) is 5.97 Å². The second-order valence-electron chi connectivity index (χ2n) is 4.40. The third-order valence-electron chi connectivity index (χ3n) is 1.99. The lowest BCUT2D eigenvalue weighted by Crippen LogP contribution is -2.36. The molecular formula is C10H18O4. The van der Waals surface area contributed by atoms with Crippen molar-refractivity contribution in [3.63, 3.8) is 0 Å². The van der Waals surface area contributed by atoms with Crippen LogP contribution < -0.4 is 0 Å². The Hall–Kier alpha value is -0.610. The van der Waals surface area contributed by atoms with Gasteiger partial charge in [-0.3, -0.25) is 4.79 Å². The summed E-state index contributed by atoms with van der Waals surface area (Å²) in [6.45, 7) is 9.03. The van der Waals surface area contributed by atoms with Crippen LogP contribution in [-0.4, -0.2) is 23.6 Å². The molecule has 0 aromatic heterocycles. The summed E-state index contributed by atoms with van der Waals surface area (Å²) in [6, 6.07) is 0. The molecule has 0 spiro atoms. The van der Waals surface area contributed by atoms with Crippen molar-refractivity contribution in [1.82, 2.24) is 0 Å². The smallest absolute Gasteiger partial charge is 0.307 e. The largest absolute Gasteiger partial charge is 0.432 e. The van der Waals surface area contributed by atoms with Gasteiger partial charge in [-0.1, -0.05) is 6.92 Å². The molecule has 0 radical (unpaired) electrons. The van der Waals surface area contributed by atoms with Crippen molar-refractivity contribution in [2.45, 2.75) is 58.7 Å². The molecule has 0 amide bonds. The summed E-state index contributed by atoms with van der Waals surface area (Å²) in [5, 5.41) is 0. The second kappa shape index (κ2) is 3.51. The molecule has 1 rings (SSSR count). The van der Waals surface area contributed by atoms with Crippen LogP contribution in [0.4, 0.5) is 0 Å². The lowest BCUT2D eigenvalue weighted by Gasteiger charge is -2.23. The third-order valence-corrected chi connectivity index (χ3v) is 1.99. The van der Waals surface area contributed by atoms with Gasteiger partial charge in [0.2, 0.25) is 6.29 Å². The van der Waals surface area contributed by atoms with Crippen molar-refractivity contribution in [2.24, 2.45) is 0 Å². The van der Waals surface area contributed by atoms with Crippen LogP contribution >= 0.6 is 0 Å². The Labute approximate surface area is 84.5 Å². The highest BCUT2D eigenvalue weighted by Gasteiger charge is 2.49. The van der Waals surface area contributed by atoms with Gasteiger partial charge in [0.1, 0.15) is 5.60 Å². The zero-order chi connectivity index (χ0) is 11.0. The maximum Gasteiger partial charge on any atom is 0.307 e. The van der Waals surface area contributed by atoms with Gasteiger partial charge in [0.05, 0.1) is 0 Å². The van der Waals surface area contributed by atoms with Gasteiger partial charge in [-0.05, 0) is 27.7 Å². The molecule has 1 fully saturated rings. The van der Waals surface area contributed by atoms with Gasteiger partial charge < -0.3 is 14.2 Å². The van der Waals surface area contributed by atoms with Crippen LogP contribution in [0.5, 0.6) is 0 Å². The molecule has 82 valence electrons. The minimum absolute atomic E-state index is 0.274. The van der Waals surface area contributed by atoms with Crippen molar-refractivity contribution >= 4 is 5.97 Å². The summed E-state index contributed by atoms with van der Waals surface area (Å²) in [4.78, 5) is 11.1. The number of hydrogen-bond acceptors (Lipinski definition) is 4. The van der Waals surface area contributed by atoms with Crippen molar-refractivity contribution in [2.75, 3.05) is 0 Å². The van der Waals surface area contributed by atoms with Gasteiger partial charge in [-0.15, -0.1) is 0 Å². The molecule has 0 saturated carbocycles. The fourth-order valence-electron chi connectivity index (χ4n) is 1.47. The van der Waals surface area contributed by atoms with E-state index in [1.54, 1.807) is 20.8 Å². The van der Waals surface area contributed by atoms with Gasteiger partial charge >= 0.3 is 5.97 Å². The Morgan fingerprint density at radius 1 is 1.36 bits per heavy atom. The van der Waals surface area contributed by atoms with Crippen LogP contribution in [0.3, 0.4) is 0 Å². The molecule has 0 aromatic rings. The van der Waals surface area contributed by atoms with E-state index >= 15 is 0 Å². The Balaban J connectivity index is 2.66. The van der Waals surface area contributed by atoms with Crippen LogP contribution in [0.2, 0.25) is 0 Å². The first kappa shape index (κ1) is 11.5. The fourth-order valence-corrected chi connectivity index (χ4v) is 1.47. The van der Waals surface area contributed by atoms with Gasteiger partial charge in [0.25, 0.3) is 0 Å². The third kappa shape index (κ3) is 2.45. The topological polar surface area (TPSA) is 44.8 Å². The van der Waals surface area contributed by atoms with Gasteiger partial charge in [0.15, 0.2) is 5.79 Å². The first-order chi connectivity index (χ1) is 6.27.